The molecule has 0 bridgehead atoms. The number of nitrogens with zero attached hydrogens (tertiary/aromatic N) is 2. The van der Waals surface area contributed by atoms with Crippen molar-refractivity contribution in [2.45, 2.75) is 33.3 Å². The van der Waals surface area contributed by atoms with Crippen LogP contribution in [0.25, 0.3) is 11.1 Å². The van der Waals surface area contributed by atoms with E-state index in [2.05, 4.69) is 32.8 Å². The van der Waals surface area contributed by atoms with E-state index in [0.29, 0.717) is 11.4 Å². The Bertz CT molecular complexity index is 1550. The number of ether oxygens (including phenoxy) is 1. The van der Waals surface area contributed by atoms with Crippen LogP contribution in [0.15, 0.2) is 48.5 Å². The van der Waals surface area contributed by atoms with Crippen molar-refractivity contribution < 1.29 is 23.5 Å². The fraction of sp³-hybridized carbons (Fsp3) is 0.344. The Balaban J connectivity index is 1.54. The Morgan fingerprint density at radius 3 is 2.25 bits per heavy atom. The molecule has 3 amide bonds. The molecular formula is C32H38ClFN6O4. The Kier molecular flexibility index (Phi) is 10.0. The van der Waals surface area contributed by atoms with Crippen molar-refractivity contribution in [3.8, 4) is 11.1 Å². The molecule has 1 heterocycles. The molecule has 3 aromatic rings. The number of nitrogens with two attached hydrogens (primary N) is 1. The third kappa shape index (κ3) is 8.18. The monoisotopic (exact) mass is 624 g/mol. The van der Waals surface area contributed by atoms with E-state index in [1.807, 2.05) is 30.3 Å². The second-order valence-electron chi connectivity index (χ2n) is 11.7. The normalized spacial score (nSPS) is 13.8. The number of anilines is 4. The maximum absolute atomic E-state index is 14.3. The molecular weight excluding hydrogens is 587 g/mol. The van der Waals surface area contributed by atoms with Gasteiger partial charge in [0.05, 0.1) is 27.6 Å². The molecule has 0 aliphatic carbocycles. The Hall–Kier alpha value is -4.35. The second-order valence-corrected chi connectivity index (χ2v) is 12.1. The van der Waals surface area contributed by atoms with E-state index in [1.165, 1.54) is 13.0 Å². The van der Waals surface area contributed by atoms with Crippen molar-refractivity contribution in [1.82, 2.24) is 10.2 Å². The van der Waals surface area contributed by atoms with Gasteiger partial charge in [0.1, 0.15) is 12.1 Å². The highest BCUT2D eigenvalue weighted by Crippen LogP contribution is 2.34. The van der Waals surface area contributed by atoms with Crippen molar-refractivity contribution in [3.63, 3.8) is 0 Å². The average Bonchev–Trinajstić information content (AvgIpc) is 2.97. The molecule has 12 heteroatoms. The van der Waals surface area contributed by atoms with Gasteiger partial charge in [0.15, 0.2) is 5.82 Å². The number of piperazine rings is 1. The molecule has 44 heavy (non-hydrogen) atoms. The minimum absolute atomic E-state index is 0.00503. The minimum Gasteiger partial charge on any atom is -0.444 e. The molecule has 5 N–H and O–H groups in total. The summed E-state index contributed by atoms with van der Waals surface area (Å²) in [4.78, 5) is 42.0. The predicted octanol–water partition coefficient (Wildman–Crippen LogP) is 5.50. The molecule has 0 unspecified atom stereocenters. The smallest absolute Gasteiger partial charge is 0.408 e. The fourth-order valence-corrected chi connectivity index (χ4v) is 4.93. The van der Waals surface area contributed by atoms with Crippen molar-refractivity contribution >= 4 is 52.3 Å². The molecule has 0 atom stereocenters. The summed E-state index contributed by atoms with van der Waals surface area (Å²) in [5.74, 6) is -1.55. The van der Waals surface area contributed by atoms with Crippen molar-refractivity contribution in [3.05, 3.63) is 70.5 Å². The van der Waals surface area contributed by atoms with Gasteiger partial charge in [-0.2, -0.15) is 0 Å². The number of nitrogens with one attached hydrogen (secondary N) is 3. The number of hydrogen-bond acceptors (Lipinski definition) is 7. The molecule has 4 rings (SSSR count). The van der Waals surface area contributed by atoms with E-state index < -0.39 is 29.3 Å². The van der Waals surface area contributed by atoms with Gasteiger partial charge in [-0.1, -0.05) is 29.8 Å². The lowest BCUT2D eigenvalue weighted by atomic mass is 10.0. The SMILES string of the molecule is Cc1c(F)c(N)cc(C(=O)Nc2cc(-c3ccc(NC(=O)CNC(=O)OC(C)(C)C)cc3)ccc2N2CCN(C)CC2)c1Cl. The zero-order chi connectivity index (χ0) is 32.2. The van der Waals surface area contributed by atoms with E-state index in [4.69, 9.17) is 22.1 Å². The molecule has 1 aliphatic rings. The number of nitrogen functional groups attached to an aromatic ring is 1. The highest BCUT2D eigenvalue weighted by atomic mass is 35.5. The lowest BCUT2D eigenvalue weighted by molar-refractivity contribution is -0.115. The number of likely N-dealkylation sites (N-methyl/N-ethyl adjacent to an activating group) is 1. The first-order chi connectivity index (χ1) is 20.7. The summed E-state index contributed by atoms with van der Waals surface area (Å²) < 4.78 is 19.4. The van der Waals surface area contributed by atoms with Gasteiger partial charge in [0.25, 0.3) is 5.91 Å². The average molecular weight is 625 g/mol. The van der Waals surface area contributed by atoms with Crippen molar-refractivity contribution in [2.75, 3.05) is 61.0 Å². The summed E-state index contributed by atoms with van der Waals surface area (Å²) in [6, 6.07) is 14.2. The number of benzene rings is 3. The van der Waals surface area contributed by atoms with Crippen molar-refractivity contribution in [1.29, 1.82) is 0 Å². The predicted molar refractivity (Wildman–Crippen MR) is 173 cm³/mol. The van der Waals surface area contributed by atoms with Crippen LogP contribution >= 0.6 is 11.6 Å². The number of carbonyl (C=O) groups is 3. The van der Waals surface area contributed by atoms with Gasteiger partial charge in [0.2, 0.25) is 5.91 Å². The quantitative estimate of drug-likeness (QED) is 0.255. The van der Waals surface area contributed by atoms with E-state index >= 15 is 0 Å². The largest absolute Gasteiger partial charge is 0.444 e. The lowest BCUT2D eigenvalue weighted by Gasteiger charge is -2.35. The first kappa shape index (κ1) is 32.6. The topological polar surface area (TPSA) is 129 Å². The molecule has 234 valence electrons. The van der Waals surface area contributed by atoms with Crippen LogP contribution in [0.5, 0.6) is 0 Å². The molecule has 0 aromatic heterocycles. The molecule has 0 spiro atoms. The maximum atomic E-state index is 14.3. The van der Waals surface area contributed by atoms with Gasteiger partial charge in [-0.15, -0.1) is 0 Å². The number of carbonyl (C=O) groups excluding carboxylic acids is 3. The Labute approximate surface area is 261 Å². The number of hydrogen-bond donors (Lipinski definition) is 4. The maximum Gasteiger partial charge on any atom is 0.408 e. The molecule has 0 saturated carbocycles. The van der Waals surface area contributed by atoms with Crippen LogP contribution in [-0.4, -0.2) is 68.2 Å². The van der Waals surface area contributed by atoms with Crippen LogP contribution in [0, 0.1) is 12.7 Å². The van der Waals surface area contributed by atoms with Gasteiger partial charge < -0.3 is 36.2 Å². The van der Waals surface area contributed by atoms with Gasteiger partial charge in [-0.3, -0.25) is 9.59 Å². The summed E-state index contributed by atoms with van der Waals surface area (Å²) in [5.41, 5.74) is 8.80. The zero-order valence-corrected chi connectivity index (χ0v) is 26.3. The van der Waals surface area contributed by atoms with Crippen LogP contribution in [0.3, 0.4) is 0 Å². The number of alkyl carbamates (subject to hydrolysis) is 1. The summed E-state index contributed by atoms with van der Waals surface area (Å²) in [7, 11) is 2.07. The number of rotatable bonds is 7. The number of amides is 3. The number of halogens is 2. The van der Waals surface area contributed by atoms with Gasteiger partial charge in [0, 0.05) is 37.4 Å². The molecule has 10 nitrogen and oxygen atoms in total. The van der Waals surface area contributed by atoms with Gasteiger partial charge in [-0.25, -0.2) is 9.18 Å². The van der Waals surface area contributed by atoms with E-state index in [-0.39, 0.29) is 28.4 Å². The highest BCUT2D eigenvalue weighted by Gasteiger charge is 2.22. The fourth-order valence-electron chi connectivity index (χ4n) is 4.71. The highest BCUT2D eigenvalue weighted by molar-refractivity contribution is 6.35. The summed E-state index contributed by atoms with van der Waals surface area (Å²) >= 11 is 6.35. The van der Waals surface area contributed by atoms with E-state index in [0.717, 1.165) is 43.0 Å². The van der Waals surface area contributed by atoms with E-state index in [1.54, 1.807) is 32.9 Å². The van der Waals surface area contributed by atoms with Crippen LogP contribution in [0.4, 0.5) is 31.9 Å². The third-order valence-corrected chi connectivity index (χ3v) is 7.56. The molecule has 1 aliphatic heterocycles. The molecule has 1 fully saturated rings. The second kappa shape index (κ2) is 13.5. The summed E-state index contributed by atoms with van der Waals surface area (Å²) in [6.45, 7) is 9.75. The van der Waals surface area contributed by atoms with E-state index in [9.17, 15) is 18.8 Å². The first-order valence-corrected chi connectivity index (χ1v) is 14.6. The molecule has 0 radical (unpaired) electrons. The van der Waals surface area contributed by atoms with Crippen LogP contribution in [-0.2, 0) is 9.53 Å². The third-order valence-electron chi connectivity index (χ3n) is 7.08. The minimum atomic E-state index is -0.675. The van der Waals surface area contributed by atoms with Gasteiger partial charge >= 0.3 is 6.09 Å². The zero-order valence-electron chi connectivity index (χ0n) is 25.5. The van der Waals surface area contributed by atoms with Crippen LogP contribution in [0.1, 0.15) is 36.7 Å². The Morgan fingerprint density at radius 2 is 1.61 bits per heavy atom. The van der Waals surface area contributed by atoms with Crippen molar-refractivity contribution in [2.24, 2.45) is 0 Å². The van der Waals surface area contributed by atoms with Crippen LogP contribution in [0.2, 0.25) is 5.02 Å². The molecule has 3 aromatic carbocycles. The summed E-state index contributed by atoms with van der Waals surface area (Å²) in [5, 5.41) is 8.15. The van der Waals surface area contributed by atoms with Gasteiger partial charge in [-0.05, 0) is 76.2 Å². The Morgan fingerprint density at radius 1 is 0.977 bits per heavy atom. The first-order valence-electron chi connectivity index (χ1n) is 14.2. The standard InChI is InChI=1S/C32H38ClFN6O4/c1-19-28(33)23(17-24(35)29(19)34)30(42)38-25-16-21(8-11-26(25)40-14-12-39(5)13-15-40)20-6-9-22(10-7-20)37-27(41)18-36-31(43)44-32(2,3)4/h6-11,16-17H,12-15,18,35H2,1-5H3,(H,36,43)(H,37,41)(H,38,42). The molecule has 1 saturated heterocycles. The van der Waals surface area contributed by atoms with Crippen LogP contribution < -0.4 is 26.6 Å². The lowest BCUT2D eigenvalue weighted by Crippen LogP contribution is -2.44. The summed E-state index contributed by atoms with van der Waals surface area (Å²) in [6.07, 6.45) is -0.675.